The summed E-state index contributed by atoms with van der Waals surface area (Å²) < 4.78 is 12.9. The molecule has 0 unspecified atom stereocenters. The molecule has 6 heteroatoms. The lowest BCUT2D eigenvalue weighted by Gasteiger charge is -2.21. The Hall–Kier alpha value is -6.92. The molecule has 0 saturated carbocycles. The summed E-state index contributed by atoms with van der Waals surface area (Å²) in [6.45, 7) is 4.59. The fraction of sp³-hybridized carbons (Fsp3) is 0.0638. The quantitative estimate of drug-likeness (QED) is 0.184. The van der Waals surface area contributed by atoms with Crippen LogP contribution in [0.5, 0.6) is 0 Å². The first-order valence-corrected chi connectivity index (χ1v) is 17.8. The average molecular weight is 683 g/mol. The molecule has 0 fully saturated rings. The van der Waals surface area contributed by atoms with Crippen molar-refractivity contribution in [1.29, 1.82) is 0 Å². The van der Waals surface area contributed by atoms with Gasteiger partial charge in [0.1, 0.15) is 16.7 Å². The van der Waals surface area contributed by atoms with Crippen LogP contribution in [0.15, 0.2) is 154 Å². The van der Waals surface area contributed by atoms with Gasteiger partial charge in [-0.05, 0) is 70.1 Å². The molecule has 10 aromatic rings. The summed E-state index contributed by atoms with van der Waals surface area (Å²) in [4.78, 5) is 20.2. The molecule has 3 aromatic heterocycles. The van der Waals surface area contributed by atoms with Crippen LogP contribution in [-0.4, -0.2) is 19.9 Å². The predicted octanol–water partition coefficient (Wildman–Crippen LogP) is 12.0. The highest BCUT2D eigenvalue weighted by Gasteiger charge is 2.37. The molecule has 0 radical (unpaired) electrons. The van der Waals surface area contributed by atoms with E-state index in [1.165, 1.54) is 16.7 Å². The first kappa shape index (κ1) is 29.8. The summed E-state index contributed by atoms with van der Waals surface area (Å²) >= 11 is 0. The van der Waals surface area contributed by atoms with Gasteiger partial charge in [-0.2, -0.15) is 0 Å². The van der Waals surface area contributed by atoms with Crippen molar-refractivity contribution in [3.8, 4) is 56.7 Å². The van der Waals surface area contributed by atoms with Crippen LogP contribution in [-0.2, 0) is 5.41 Å². The second-order valence-electron chi connectivity index (χ2n) is 14.3. The summed E-state index contributed by atoms with van der Waals surface area (Å²) in [5.41, 5.74) is 11.5. The molecule has 1 aliphatic rings. The molecular formula is C47H30N4O2. The number of nitrogens with zero attached hydrogens (tertiary/aromatic N) is 4. The van der Waals surface area contributed by atoms with Crippen molar-refractivity contribution < 1.29 is 8.83 Å². The first-order valence-electron chi connectivity index (χ1n) is 17.8. The minimum absolute atomic E-state index is 0.233. The molecular weight excluding hydrogens is 653 g/mol. The summed E-state index contributed by atoms with van der Waals surface area (Å²) in [5.74, 6) is 2.41. The normalized spacial score (nSPS) is 13.2. The highest BCUT2D eigenvalue weighted by Crippen LogP contribution is 2.53. The smallest absolute Gasteiger partial charge is 0.227 e. The molecule has 53 heavy (non-hydrogen) atoms. The molecule has 3 heterocycles. The van der Waals surface area contributed by atoms with E-state index in [-0.39, 0.29) is 5.41 Å². The Morgan fingerprint density at radius 3 is 1.89 bits per heavy atom. The number of benzene rings is 7. The number of oxazole rings is 1. The Kier molecular flexibility index (Phi) is 6.20. The van der Waals surface area contributed by atoms with Crippen molar-refractivity contribution in [3.63, 3.8) is 0 Å². The van der Waals surface area contributed by atoms with E-state index in [1.807, 2.05) is 84.9 Å². The number of rotatable bonds is 4. The zero-order valence-corrected chi connectivity index (χ0v) is 29.0. The fourth-order valence-electron chi connectivity index (χ4n) is 8.10. The number of aromatic nitrogens is 4. The standard InChI is InChI=1S/C47H30N4O2/c1-47(2)35-22-19-30(25-34(35)41-36(47)23-18-27-20-24-37-42(40(27)41)53-46(48-37)29-13-7-4-8-14-29)44-49-43(28-11-5-3-6-12-28)50-45(51-44)31-17-21-33-32-15-9-10-16-38(32)52-39(33)26-31/h3-26H,1-2H3. The van der Waals surface area contributed by atoms with Crippen LogP contribution >= 0.6 is 0 Å². The highest BCUT2D eigenvalue weighted by atomic mass is 16.3. The van der Waals surface area contributed by atoms with E-state index in [1.54, 1.807) is 0 Å². The summed E-state index contributed by atoms with van der Waals surface area (Å²) in [6, 6.07) is 49.7. The summed E-state index contributed by atoms with van der Waals surface area (Å²) in [5, 5.41) is 4.32. The zero-order valence-electron chi connectivity index (χ0n) is 29.0. The van der Waals surface area contributed by atoms with Crippen LogP contribution < -0.4 is 0 Å². The predicted molar refractivity (Wildman–Crippen MR) is 211 cm³/mol. The van der Waals surface area contributed by atoms with Crippen LogP contribution in [0, 0.1) is 0 Å². The lowest BCUT2D eigenvalue weighted by atomic mass is 9.82. The molecule has 11 rings (SSSR count). The Labute approximate surface area is 304 Å². The summed E-state index contributed by atoms with van der Waals surface area (Å²) in [6.07, 6.45) is 0. The van der Waals surface area contributed by atoms with Crippen molar-refractivity contribution in [2.45, 2.75) is 19.3 Å². The average Bonchev–Trinajstić information content (AvgIpc) is 3.88. The van der Waals surface area contributed by atoms with Gasteiger partial charge in [0.05, 0.1) is 0 Å². The van der Waals surface area contributed by atoms with E-state index in [0.717, 1.165) is 71.6 Å². The van der Waals surface area contributed by atoms with E-state index < -0.39 is 0 Å². The molecule has 0 amide bonds. The molecule has 250 valence electrons. The van der Waals surface area contributed by atoms with Gasteiger partial charge in [0.2, 0.25) is 5.89 Å². The number of para-hydroxylation sites is 1. The monoisotopic (exact) mass is 682 g/mol. The molecule has 0 aliphatic heterocycles. The molecule has 1 aliphatic carbocycles. The van der Waals surface area contributed by atoms with Crippen LogP contribution in [0.1, 0.15) is 25.0 Å². The molecule has 0 atom stereocenters. The van der Waals surface area contributed by atoms with Gasteiger partial charge in [-0.15, -0.1) is 0 Å². The van der Waals surface area contributed by atoms with Crippen LogP contribution in [0.25, 0.3) is 101 Å². The molecule has 0 saturated heterocycles. The van der Waals surface area contributed by atoms with Gasteiger partial charge in [-0.3, -0.25) is 0 Å². The van der Waals surface area contributed by atoms with Crippen molar-refractivity contribution in [2.24, 2.45) is 0 Å². The first-order chi connectivity index (χ1) is 26.0. The minimum atomic E-state index is -0.233. The van der Waals surface area contributed by atoms with Gasteiger partial charge in [0.15, 0.2) is 23.1 Å². The number of fused-ring (bicyclic) bond motifs is 10. The zero-order chi connectivity index (χ0) is 35.3. The second kappa shape index (κ2) is 11.0. The topological polar surface area (TPSA) is 77.8 Å². The van der Waals surface area contributed by atoms with Crippen LogP contribution in [0.2, 0.25) is 0 Å². The molecule has 0 bridgehead atoms. The Morgan fingerprint density at radius 1 is 0.472 bits per heavy atom. The Bertz CT molecular complexity index is 3090. The second-order valence-corrected chi connectivity index (χ2v) is 14.3. The summed E-state index contributed by atoms with van der Waals surface area (Å²) in [7, 11) is 0. The van der Waals surface area contributed by atoms with Crippen molar-refractivity contribution in [3.05, 3.63) is 157 Å². The fourth-order valence-corrected chi connectivity index (χ4v) is 8.10. The van der Waals surface area contributed by atoms with E-state index in [4.69, 9.17) is 28.8 Å². The van der Waals surface area contributed by atoms with E-state index in [2.05, 4.69) is 74.5 Å². The van der Waals surface area contributed by atoms with E-state index in [9.17, 15) is 0 Å². The third kappa shape index (κ3) is 4.52. The highest BCUT2D eigenvalue weighted by molar-refractivity contribution is 6.14. The van der Waals surface area contributed by atoms with Crippen molar-refractivity contribution >= 4 is 43.8 Å². The van der Waals surface area contributed by atoms with Gasteiger partial charge < -0.3 is 8.83 Å². The SMILES string of the molecule is CC1(C)c2ccc(-c3nc(-c4ccccc4)nc(-c4ccc5c(c4)oc4ccccc45)n3)cc2-c2c1ccc1ccc3nc(-c4ccccc4)oc3c21. The molecule has 6 nitrogen and oxygen atoms in total. The largest absolute Gasteiger partial charge is 0.456 e. The lowest BCUT2D eigenvalue weighted by Crippen LogP contribution is -2.14. The van der Waals surface area contributed by atoms with Gasteiger partial charge in [-0.1, -0.05) is 117 Å². The number of hydrogen-bond donors (Lipinski definition) is 0. The molecule has 0 spiro atoms. The van der Waals surface area contributed by atoms with Gasteiger partial charge >= 0.3 is 0 Å². The number of hydrogen-bond acceptors (Lipinski definition) is 6. The molecule has 7 aromatic carbocycles. The van der Waals surface area contributed by atoms with E-state index >= 15 is 0 Å². The maximum atomic E-state index is 6.62. The lowest BCUT2D eigenvalue weighted by molar-refractivity contribution is 0.623. The van der Waals surface area contributed by atoms with Crippen molar-refractivity contribution in [2.75, 3.05) is 0 Å². The third-order valence-corrected chi connectivity index (χ3v) is 10.8. The maximum absolute atomic E-state index is 6.62. The molecule has 0 N–H and O–H groups in total. The third-order valence-electron chi connectivity index (χ3n) is 10.8. The van der Waals surface area contributed by atoms with Gasteiger partial charge in [-0.25, -0.2) is 19.9 Å². The minimum Gasteiger partial charge on any atom is -0.456 e. The maximum Gasteiger partial charge on any atom is 0.227 e. The van der Waals surface area contributed by atoms with Crippen LogP contribution in [0.3, 0.4) is 0 Å². The van der Waals surface area contributed by atoms with Gasteiger partial charge in [0.25, 0.3) is 0 Å². The van der Waals surface area contributed by atoms with Crippen molar-refractivity contribution in [1.82, 2.24) is 19.9 Å². The van der Waals surface area contributed by atoms with E-state index in [0.29, 0.717) is 23.4 Å². The Balaban J connectivity index is 1.12. The van der Waals surface area contributed by atoms with Gasteiger partial charge in [0, 0.05) is 43.8 Å². The number of furan rings is 1. The van der Waals surface area contributed by atoms with Crippen LogP contribution in [0.4, 0.5) is 0 Å². The Morgan fingerprint density at radius 2 is 1.09 bits per heavy atom.